The highest BCUT2D eigenvalue weighted by Gasteiger charge is 2.07. The van der Waals surface area contributed by atoms with Gasteiger partial charge in [-0.15, -0.1) is 0 Å². The number of rotatable bonds is 3. The number of benzene rings is 1. The van der Waals surface area contributed by atoms with E-state index in [1.165, 1.54) is 0 Å². The molecule has 3 N–H and O–H groups in total. The van der Waals surface area contributed by atoms with Crippen LogP contribution in [-0.4, -0.2) is 17.3 Å². The fourth-order valence-corrected chi connectivity index (χ4v) is 1.65. The van der Waals surface area contributed by atoms with Gasteiger partial charge < -0.3 is 4.74 Å². The summed E-state index contributed by atoms with van der Waals surface area (Å²) in [7, 11) is 1.65. The fraction of sp³-hybridized carbons (Fsp3) is 0.100. The first-order valence-corrected chi connectivity index (χ1v) is 5.28. The third-order valence-electron chi connectivity index (χ3n) is 2.07. The average Bonchev–Trinajstić information content (AvgIpc) is 2.77. The van der Waals surface area contributed by atoms with E-state index in [2.05, 4.69) is 10.2 Å². The number of methoxy groups -OCH3 is 1. The van der Waals surface area contributed by atoms with Crippen LogP contribution in [0.4, 0.5) is 0 Å². The number of nitrogens with one attached hydrogen (secondary N) is 1. The van der Waals surface area contributed by atoms with E-state index in [0.29, 0.717) is 0 Å². The zero-order valence-corrected chi connectivity index (χ0v) is 9.04. The monoisotopic (exact) mass is 221 g/mol. The van der Waals surface area contributed by atoms with Crippen molar-refractivity contribution in [3.63, 3.8) is 0 Å². The Balaban J connectivity index is 2.44. The Kier molecular flexibility index (Phi) is 2.94. The van der Waals surface area contributed by atoms with Gasteiger partial charge in [0.05, 0.1) is 12.8 Å². The molecule has 0 aliphatic heterocycles. The molecule has 0 bridgehead atoms. The molecule has 0 atom stereocenters. The Bertz CT molecular complexity index is 455. The number of hydrogen-bond donors (Lipinski definition) is 2. The van der Waals surface area contributed by atoms with Crippen LogP contribution in [0.3, 0.4) is 0 Å². The third-order valence-corrected chi connectivity index (χ3v) is 2.52. The van der Waals surface area contributed by atoms with Gasteiger partial charge in [0.25, 0.3) is 0 Å². The third kappa shape index (κ3) is 1.98. The number of hydrogen-bond acceptors (Lipinski definition) is 4. The smallest absolute Gasteiger partial charge is 0.133 e. The summed E-state index contributed by atoms with van der Waals surface area (Å²) in [5, 5.41) is 13.1. The van der Waals surface area contributed by atoms with Crippen molar-refractivity contribution in [1.82, 2.24) is 10.2 Å². The minimum absolute atomic E-state index is 0.760. The zero-order chi connectivity index (χ0) is 10.7. The molecule has 0 aliphatic rings. The number of ether oxygens (including phenoxy) is 1. The first-order valence-electron chi connectivity index (χ1n) is 4.40. The number of nitrogens with two attached hydrogens (primary N) is 1. The Morgan fingerprint density at radius 2 is 2.20 bits per heavy atom. The lowest BCUT2D eigenvalue weighted by molar-refractivity contribution is 0.416. The fourth-order valence-electron chi connectivity index (χ4n) is 1.37. The number of H-pyrrole nitrogens is 1. The van der Waals surface area contributed by atoms with Gasteiger partial charge in [-0.1, -0.05) is 12.1 Å². The van der Waals surface area contributed by atoms with E-state index in [1.54, 1.807) is 7.11 Å². The second-order valence-electron chi connectivity index (χ2n) is 2.94. The minimum atomic E-state index is 0.760. The van der Waals surface area contributed by atoms with Gasteiger partial charge >= 0.3 is 0 Å². The highest BCUT2D eigenvalue weighted by atomic mass is 32.2. The second-order valence-corrected chi connectivity index (χ2v) is 3.59. The maximum absolute atomic E-state index is 5.41. The molecule has 2 aromatic rings. The molecule has 0 saturated carbocycles. The summed E-state index contributed by atoms with van der Waals surface area (Å²) in [4.78, 5) is 0. The second kappa shape index (κ2) is 4.37. The van der Waals surface area contributed by atoms with Crippen molar-refractivity contribution in [2.75, 3.05) is 7.11 Å². The van der Waals surface area contributed by atoms with Crippen LogP contribution >= 0.6 is 11.9 Å². The molecule has 1 aromatic heterocycles. The first-order chi connectivity index (χ1) is 7.35. The van der Waals surface area contributed by atoms with Crippen molar-refractivity contribution in [1.29, 1.82) is 0 Å². The summed E-state index contributed by atoms with van der Waals surface area (Å²) in [6, 6.07) is 9.65. The molecule has 0 aliphatic carbocycles. The largest absolute Gasteiger partial charge is 0.496 e. The summed E-state index contributed by atoms with van der Waals surface area (Å²) in [5.74, 6) is 0.815. The molecule has 5 heteroatoms. The molecule has 15 heavy (non-hydrogen) atoms. The van der Waals surface area contributed by atoms with Gasteiger partial charge in [-0.05, 0) is 30.1 Å². The Hall–Kier alpha value is -1.46. The number of para-hydroxylation sites is 1. The lowest BCUT2D eigenvalue weighted by atomic mass is 10.1. The van der Waals surface area contributed by atoms with Gasteiger partial charge in [-0.3, -0.25) is 10.2 Å². The predicted molar refractivity (Wildman–Crippen MR) is 60.6 cm³/mol. The van der Waals surface area contributed by atoms with Crippen molar-refractivity contribution in [3.8, 4) is 17.0 Å². The van der Waals surface area contributed by atoms with Gasteiger partial charge in [0, 0.05) is 5.56 Å². The summed E-state index contributed by atoms with van der Waals surface area (Å²) >= 11 is 1.11. The molecule has 0 unspecified atom stereocenters. The molecule has 0 fully saturated rings. The van der Waals surface area contributed by atoms with Crippen molar-refractivity contribution in [2.45, 2.75) is 5.03 Å². The van der Waals surface area contributed by atoms with Crippen LogP contribution in [0.1, 0.15) is 0 Å². The SMILES string of the molecule is COc1ccccc1-c1cc(SN)n[nH]1. The molecule has 78 valence electrons. The number of aromatic amines is 1. The van der Waals surface area contributed by atoms with Crippen molar-refractivity contribution in [2.24, 2.45) is 5.14 Å². The van der Waals surface area contributed by atoms with Crippen molar-refractivity contribution in [3.05, 3.63) is 30.3 Å². The van der Waals surface area contributed by atoms with Gasteiger partial charge in [-0.2, -0.15) is 5.10 Å². The maximum Gasteiger partial charge on any atom is 0.133 e. The van der Waals surface area contributed by atoms with E-state index < -0.39 is 0 Å². The van der Waals surface area contributed by atoms with E-state index in [4.69, 9.17) is 9.88 Å². The number of aromatic nitrogens is 2. The predicted octanol–water partition coefficient (Wildman–Crippen LogP) is 2.05. The van der Waals surface area contributed by atoms with Crippen LogP contribution in [0.15, 0.2) is 35.4 Å². The molecule has 1 aromatic carbocycles. The highest BCUT2D eigenvalue weighted by molar-refractivity contribution is 7.97. The summed E-state index contributed by atoms with van der Waals surface area (Å²) in [5.41, 5.74) is 1.88. The number of nitrogens with zero attached hydrogens (tertiary/aromatic N) is 1. The highest BCUT2D eigenvalue weighted by Crippen LogP contribution is 2.29. The normalized spacial score (nSPS) is 10.3. The first kappa shape index (κ1) is 10.1. The van der Waals surface area contributed by atoms with E-state index in [-0.39, 0.29) is 0 Å². The molecule has 1 heterocycles. The quantitative estimate of drug-likeness (QED) is 0.779. The van der Waals surface area contributed by atoms with Crippen LogP contribution < -0.4 is 9.88 Å². The standard InChI is InChI=1S/C10H11N3OS/c1-14-9-5-3-2-4-7(9)8-6-10(15-11)13-12-8/h2-6H,11H2,1H3,(H,12,13). The van der Waals surface area contributed by atoms with Crippen molar-refractivity contribution >= 4 is 11.9 Å². The maximum atomic E-state index is 5.41. The van der Waals surface area contributed by atoms with E-state index in [9.17, 15) is 0 Å². The van der Waals surface area contributed by atoms with E-state index >= 15 is 0 Å². The Morgan fingerprint density at radius 3 is 2.87 bits per heavy atom. The van der Waals surface area contributed by atoms with E-state index in [1.807, 2.05) is 30.3 Å². The van der Waals surface area contributed by atoms with Crippen LogP contribution in [0.25, 0.3) is 11.3 Å². The van der Waals surface area contributed by atoms with E-state index in [0.717, 1.165) is 34.0 Å². The Morgan fingerprint density at radius 1 is 1.40 bits per heavy atom. The topological polar surface area (TPSA) is 63.9 Å². The molecule has 4 nitrogen and oxygen atoms in total. The molecule has 2 rings (SSSR count). The summed E-state index contributed by atoms with van der Waals surface area (Å²) < 4.78 is 5.26. The molecular formula is C10H11N3OS. The van der Waals surface area contributed by atoms with Gasteiger partial charge in [0.15, 0.2) is 0 Å². The molecule has 0 amide bonds. The Labute approximate surface area is 92.0 Å². The van der Waals surface area contributed by atoms with Crippen molar-refractivity contribution < 1.29 is 4.74 Å². The van der Waals surface area contributed by atoms with Gasteiger partial charge in [0.2, 0.25) is 0 Å². The molecule has 0 radical (unpaired) electrons. The minimum Gasteiger partial charge on any atom is -0.496 e. The van der Waals surface area contributed by atoms with Crippen LogP contribution in [0, 0.1) is 0 Å². The molecule has 0 saturated heterocycles. The van der Waals surface area contributed by atoms with Gasteiger partial charge in [0.1, 0.15) is 10.8 Å². The molecule has 0 spiro atoms. The lowest BCUT2D eigenvalue weighted by Gasteiger charge is -2.04. The summed E-state index contributed by atoms with van der Waals surface area (Å²) in [6.07, 6.45) is 0. The summed E-state index contributed by atoms with van der Waals surface area (Å²) in [6.45, 7) is 0. The lowest BCUT2D eigenvalue weighted by Crippen LogP contribution is -1.87. The van der Waals surface area contributed by atoms with Crippen LogP contribution in [-0.2, 0) is 0 Å². The molecular weight excluding hydrogens is 210 g/mol. The van der Waals surface area contributed by atoms with Crippen LogP contribution in [0.2, 0.25) is 0 Å². The zero-order valence-electron chi connectivity index (χ0n) is 8.23. The average molecular weight is 221 g/mol. The van der Waals surface area contributed by atoms with Gasteiger partial charge in [-0.25, -0.2) is 0 Å². The van der Waals surface area contributed by atoms with Crippen LogP contribution in [0.5, 0.6) is 5.75 Å².